The van der Waals surface area contributed by atoms with Crippen molar-refractivity contribution in [3.63, 3.8) is 0 Å². The number of nitrogens with zero attached hydrogens (tertiary/aromatic N) is 2. The standard InChI is InChI=1S/C12H13IN2O/c13-11-2-1-10-6-14-15(12(10)5-11)7-9-3-4-16-8-9/h1-2,5-6,9H,3-4,7-8H2. The molecule has 0 N–H and O–H groups in total. The minimum absolute atomic E-state index is 0.626. The first-order chi connectivity index (χ1) is 7.83. The molecule has 0 amide bonds. The van der Waals surface area contributed by atoms with Crippen LogP contribution in [0.5, 0.6) is 0 Å². The normalized spacial score (nSPS) is 20.7. The van der Waals surface area contributed by atoms with Crippen molar-refractivity contribution >= 4 is 33.5 Å². The summed E-state index contributed by atoms with van der Waals surface area (Å²) in [5, 5.41) is 5.68. The lowest BCUT2D eigenvalue weighted by Gasteiger charge is -2.08. The molecule has 1 fully saturated rings. The van der Waals surface area contributed by atoms with E-state index in [2.05, 4.69) is 50.6 Å². The molecule has 0 aliphatic carbocycles. The lowest BCUT2D eigenvalue weighted by atomic mass is 10.1. The van der Waals surface area contributed by atoms with Crippen molar-refractivity contribution in [2.75, 3.05) is 13.2 Å². The fraction of sp³-hybridized carbons (Fsp3) is 0.417. The van der Waals surface area contributed by atoms with Gasteiger partial charge in [0.1, 0.15) is 0 Å². The molecule has 1 aromatic heterocycles. The van der Waals surface area contributed by atoms with Crippen LogP contribution in [0.15, 0.2) is 24.4 Å². The molecule has 0 radical (unpaired) electrons. The molecule has 0 saturated carbocycles. The van der Waals surface area contributed by atoms with Gasteiger partial charge >= 0.3 is 0 Å². The van der Waals surface area contributed by atoms with Crippen LogP contribution >= 0.6 is 22.6 Å². The van der Waals surface area contributed by atoms with Gasteiger partial charge in [-0.3, -0.25) is 4.68 Å². The first kappa shape index (κ1) is 10.5. The van der Waals surface area contributed by atoms with Crippen LogP contribution in [0.4, 0.5) is 0 Å². The van der Waals surface area contributed by atoms with Crippen molar-refractivity contribution in [1.29, 1.82) is 0 Å². The molecule has 2 heterocycles. The van der Waals surface area contributed by atoms with E-state index in [0.29, 0.717) is 5.92 Å². The number of rotatable bonds is 2. The van der Waals surface area contributed by atoms with Gasteiger partial charge in [-0.15, -0.1) is 0 Å². The van der Waals surface area contributed by atoms with Gasteiger partial charge in [-0.05, 0) is 41.1 Å². The summed E-state index contributed by atoms with van der Waals surface area (Å²) < 4.78 is 8.77. The van der Waals surface area contributed by atoms with Crippen molar-refractivity contribution in [3.8, 4) is 0 Å². The fourth-order valence-corrected chi connectivity index (χ4v) is 2.64. The van der Waals surface area contributed by atoms with E-state index in [1.807, 2.05) is 6.20 Å². The average Bonchev–Trinajstić information content (AvgIpc) is 2.90. The van der Waals surface area contributed by atoms with Gasteiger partial charge in [0.25, 0.3) is 0 Å². The Balaban J connectivity index is 1.93. The Kier molecular flexibility index (Phi) is 2.85. The topological polar surface area (TPSA) is 27.1 Å². The zero-order valence-electron chi connectivity index (χ0n) is 8.90. The quantitative estimate of drug-likeness (QED) is 0.793. The van der Waals surface area contributed by atoms with Crippen LogP contribution in [0.25, 0.3) is 10.9 Å². The summed E-state index contributed by atoms with van der Waals surface area (Å²) in [6, 6.07) is 6.44. The van der Waals surface area contributed by atoms with E-state index in [-0.39, 0.29) is 0 Å². The van der Waals surface area contributed by atoms with Crippen LogP contribution in [-0.4, -0.2) is 23.0 Å². The molecule has 3 nitrogen and oxygen atoms in total. The molecule has 1 saturated heterocycles. The predicted molar refractivity (Wildman–Crippen MR) is 71.4 cm³/mol. The summed E-state index contributed by atoms with van der Waals surface area (Å²) >= 11 is 2.34. The number of aromatic nitrogens is 2. The Morgan fingerprint density at radius 3 is 3.25 bits per heavy atom. The molecule has 0 bridgehead atoms. The van der Waals surface area contributed by atoms with Gasteiger partial charge < -0.3 is 4.74 Å². The second kappa shape index (κ2) is 4.33. The van der Waals surface area contributed by atoms with E-state index in [0.717, 1.165) is 26.2 Å². The molecule has 16 heavy (non-hydrogen) atoms. The Hall–Kier alpha value is -0.620. The molecule has 1 aliphatic rings. The summed E-state index contributed by atoms with van der Waals surface area (Å²) in [5.74, 6) is 0.626. The summed E-state index contributed by atoms with van der Waals surface area (Å²) in [6.07, 6.45) is 3.10. The van der Waals surface area contributed by atoms with Crippen molar-refractivity contribution in [3.05, 3.63) is 28.0 Å². The van der Waals surface area contributed by atoms with Crippen LogP contribution in [-0.2, 0) is 11.3 Å². The minimum atomic E-state index is 0.626. The molecule has 3 rings (SSSR count). The molecule has 2 aromatic rings. The first-order valence-electron chi connectivity index (χ1n) is 5.52. The van der Waals surface area contributed by atoms with Gasteiger partial charge in [0.05, 0.1) is 18.3 Å². The van der Waals surface area contributed by atoms with Crippen LogP contribution in [0, 0.1) is 9.49 Å². The van der Waals surface area contributed by atoms with E-state index in [1.54, 1.807) is 0 Å². The molecule has 1 atom stereocenters. The van der Waals surface area contributed by atoms with Crippen LogP contribution < -0.4 is 0 Å². The zero-order chi connectivity index (χ0) is 11.0. The van der Waals surface area contributed by atoms with E-state index in [1.165, 1.54) is 14.5 Å². The molecule has 1 unspecified atom stereocenters. The van der Waals surface area contributed by atoms with Crippen LogP contribution in [0.3, 0.4) is 0 Å². The lowest BCUT2D eigenvalue weighted by Crippen LogP contribution is -2.11. The number of ether oxygens (including phenoxy) is 1. The number of hydrogen-bond donors (Lipinski definition) is 0. The summed E-state index contributed by atoms with van der Waals surface area (Å²) in [6.45, 7) is 2.76. The number of hydrogen-bond acceptors (Lipinski definition) is 2. The third kappa shape index (κ3) is 1.96. The Bertz CT molecular complexity index is 503. The number of fused-ring (bicyclic) bond motifs is 1. The van der Waals surface area contributed by atoms with Crippen LogP contribution in [0.2, 0.25) is 0 Å². The van der Waals surface area contributed by atoms with E-state index in [9.17, 15) is 0 Å². The van der Waals surface area contributed by atoms with Gasteiger partial charge in [0, 0.05) is 28.0 Å². The molecular formula is C12H13IN2O. The highest BCUT2D eigenvalue weighted by Crippen LogP contribution is 2.20. The van der Waals surface area contributed by atoms with Crippen molar-refractivity contribution < 1.29 is 4.74 Å². The molecule has 1 aromatic carbocycles. The maximum absolute atomic E-state index is 5.40. The highest BCUT2D eigenvalue weighted by Gasteiger charge is 2.17. The lowest BCUT2D eigenvalue weighted by molar-refractivity contribution is 0.182. The number of benzene rings is 1. The van der Waals surface area contributed by atoms with Gasteiger partial charge in [0.2, 0.25) is 0 Å². The first-order valence-corrected chi connectivity index (χ1v) is 6.59. The maximum Gasteiger partial charge on any atom is 0.0693 e. The predicted octanol–water partition coefficient (Wildman–Crippen LogP) is 2.68. The highest BCUT2D eigenvalue weighted by molar-refractivity contribution is 14.1. The molecule has 84 valence electrons. The molecule has 4 heteroatoms. The van der Waals surface area contributed by atoms with Crippen LogP contribution in [0.1, 0.15) is 6.42 Å². The van der Waals surface area contributed by atoms with E-state index >= 15 is 0 Å². The SMILES string of the molecule is Ic1ccc2cnn(CC3CCOC3)c2c1. The van der Waals surface area contributed by atoms with Crippen molar-refractivity contribution in [2.24, 2.45) is 5.92 Å². The largest absolute Gasteiger partial charge is 0.381 e. The average molecular weight is 328 g/mol. The monoisotopic (exact) mass is 328 g/mol. The molecule has 0 spiro atoms. The van der Waals surface area contributed by atoms with Gasteiger partial charge in [0.15, 0.2) is 0 Å². The summed E-state index contributed by atoms with van der Waals surface area (Å²) in [4.78, 5) is 0. The van der Waals surface area contributed by atoms with Gasteiger partial charge in [-0.2, -0.15) is 5.10 Å². The Morgan fingerprint density at radius 2 is 2.44 bits per heavy atom. The highest BCUT2D eigenvalue weighted by atomic mass is 127. The Morgan fingerprint density at radius 1 is 1.50 bits per heavy atom. The third-order valence-corrected chi connectivity index (χ3v) is 3.73. The second-order valence-electron chi connectivity index (χ2n) is 4.26. The van der Waals surface area contributed by atoms with Crippen molar-refractivity contribution in [2.45, 2.75) is 13.0 Å². The van der Waals surface area contributed by atoms with Gasteiger partial charge in [-0.25, -0.2) is 0 Å². The second-order valence-corrected chi connectivity index (χ2v) is 5.51. The summed E-state index contributed by atoms with van der Waals surface area (Å²) in [5.41, 5.74) is 1.24. The smallest absolute Gasteiger partial charge is 0.0693 e. The Labute approximate surface area is 108 Å². The summed E-state index contributed by atoms with van der Waals surface area (Å²) in [7, 11) is 0. The number of halogens is 1. The van der Waals surface area contributed by atoms with E-state index < -0.39 is 0 Å². The molecular weight excluding hydrogens is 315 g/mol. The van der Waals surface area contributed by atoms with E-state index in [4.69, 9.17) is 4.74 Å². The maximum atomic E-state index is 5.40. The van der Waals surface area contributed by atoms with Crippen molar-refractivity contribution in [1.82, 2.24) is 9.78 Å². The van der Waals surface area contributed by atoms with Gasteiger partial charge in [-0.1, -0.05) is 6.07 Å². The fourth-order valence-electron chi connectivity index (χ4n) is 2.16. The minimum Gasteiger partial charge on any atom is -0.381 e. The zero-order valence-corrected chi connectivity index (χ0v) is 11.1. The molecule has 1 aliphatic heterocycles. The third-order valence-electron chi connectivity index (χ3n) is 3.06.